The molecule has 136 valence electrons. The Morgan fingerprint density at radius 1 is 1.12 bits per heavy atom. The van der Waals surface area contributed by atoms with E-state index in [1.54, 1.807) is 24.3 Å². The van der Waals surface area contributed by atoms with Gasteiger partial charge in [0.05, 0.1) is 17.1 Å². The number of hydrogen-bond acceptors (Lipinski definition) is 3. The van der Waals surface area contributed by atoms with Crippen LogP contribution in [0.2, 0.25) is 5.02 Å². The summed E-state index contributed by atoms with van der Waals surface area (Å²) in [7, 11) is -2.85. The normalized spacial score (nSPS) is 12.4. The second-order valence-corrected chi connectivity index (χ2v) is 7.39. The monoisotopic (exact) mass is 393 g/mol. The minimum atomic E-state index is -4.84. The van der Waals surface area contributed by atoms with E-state index in [0.29, 0.717) is 18.2 Å². The third-order valence-electron chi connectivity index (χ3n) is 3.31. The van der Waals surface area contributed by atoms with Gasteiger partial charge in [-0.1, -0.05) is 35.9 Å². The highest BCUT2D eigenvalue weighted by Gasteiger charge is 2.37. The SMILES string of the molecule is COCc1cccc(CNS(=O)(=O)c2ccc(Cl)cc2C(F)(F)F)c1. The van der Waals surface area contributed by atoms with Crippen molar-refractivity contribution in [1.82, 2.24) is 4.72 Å². The molecule has 0 bridgehead atoms. The Hall–Kier alpha value is -1.61. The highest BCUT2D eigenvalue weighted by Crippen LogP contribution is 2.35. The number of rotatable bonds is 6. The van der Waals surface area contributed by atoms with Crippen molar-refractivity contribution < 1.29 is 26.3 Å². The van der Waals surface area contributed by atoms with Gasteiger partial charge in [0.2, 0.25) is 10.0 Å². The Bertz CT molecular complexity index is 854. The summed E-state index contributed by atoms with van der Waals surface area (Å²) in [6, 6.07) is 9.41. The molecule has 0 fully saturated rings. The van der Waals surface area contributed by atoms with Gasteiger partial charge in [-0.25, -0.2) is 13.1 Å². The first kappa shape index (κ1) is 19.7. The van der Waals surface area contributed by atoms with E-state index in [2.05, 4.69) is 4.72 Å². The predicted molar refractivity (Wildman–Crippen MR) is 87.6 cm³/mol. The molecule has 0 heterocycles. The molecule has 4 nitrogen and oxygen atoms in total. The Morgan fingerprint density at radius 2 is 1.80 bits per heavy atom. The molecule has 0 unspecified atom stereocenters. The molecule has 9 heteroatoms. The van der Waals surface area contributed by atoms with Crippen LogP contribution in [0.4, 0.5) is 13.2 Å². The molecule has 25 heavy (non-hydrogen) atoms. The fourth-order valence-corrected chi connectivity index (χ4v) is 3.61. The fourth-order valence-electron chi connectivity index (χ4n) is 2.21. The van der Waals surface area contributed by atoms with Crippen LogP contribution >= 0.6 is 11.6 Å². The Morgan fingerprint density at radius 3 is 2.44 bits per heavy atom. The lowest BCUT2D eigenvalue weighted by atomic mass is 10.1. The van der Waals surface area contributed by atoms with Gasteiger partial charge in [-0.05, 0) is 29.3 Å². The Kier molecular flexibility index (Phi) is 6.10. The molecule has 0 aliphatic carbocycles. The molecule has 1 N–H and O–H groups in total. The summed E-state index contributed by atoms with van der Waals surface area (Å²) in [5, 5.41) is -0.196. The molecule has 0 aliphatic rings. The Labute approximate surface area is 148 Å². The lowest BCUT2D eigenvalue weighted by molar-refractivity contribution is -0.139. The zero-order valence-electron chi connectivity index (χ0n) is 13.1. The van der Waals surface area contributed by atoms with Gasteiger partial charge in [-0.2, -0.15) is 13.2 Å². The maximum absolute atomic E-state index is 13.1. The maximum atomic E-state index is 13.1. The minimum absolute atomic E-state index is 0.153. The molecule has 0 saturated heterocycles. The Balaban J connectivity index is 2.27. The standard InChI is InChI=1S/C16H15ClF3NO3S/c1-24-10-12-4-2-3-11(7-12)9-21-25(22,23)15-6-5-13(17)8-14(15)16(18,19)20/h2-8,21H,9-10H2,1H3. The second-order valence-electron chi connectivity index (χ2n) is 5.22. The predicted octanol–water partition coefficient (Wildman–Crippen LogP) is 3.98. The van der Waals surface area contributed by atoms with Crippen molar-refractivity contribution in [3.8, 4) is 0 Å². The topological polar surface area (TPSA) is 55.4 Å². The lowest BCUT2D eigenvalue weighted by Crippen LogP contribution is -2.26. The first-order valence-electron chi connectivity index (χ1n) is 7.06. The van der Waals surface area contributed by atoms with Crippen LogP contribution in [0.15, 0.2) is 47.4 Å². The first-order valence-corrected chi connectivity index (χ1v) is 8.93. The van der Waals surface area contributed by atoms with Crippen molar-refractivity contribution in [2.75, 3.05) is 7.11 Å². The lowest BCUT2D eigenvalue weighted by Gasteiger charge is -2.14. The number of nitrogens with one attached hydrogen (secondary N) is 1. The maximum Gasteiger partial charge on any atom is 0.417 e. The highest BCUT2D eigenvalue weighted by molar-refractivity contribution is 7.89. The minimum Gasteiger partial charge on any atom is -0.380 e. The molecular formula is C16H15ClF3NO3S. The zero-order valence-corrected chi connectivity index (χ0v) is 14.7. The molecule has 0 aliphatic heterocycles. The van der Waals surface area contributed by atoms with Crippen molar-refractivity contribution in [1.29, 1.82) is 0 Å². The largest absolute Gasteiger partial charge is 0.417 e. The number of sulfonamides is 1. The summed E-state index contributed by atoms with van der Waals surface area (Å²) in [4.78, 5) is -0.863. The van der Waals surface area contributed by atoms with Gasteiger partial charge < -0.3 is 4.74 Å². The van der Waals surface area contributed by atoms with E-state index in [1.807, 2.05) is 0 Å². The molecular weight excluding hydrogens is 379 g/mol. The molecule has 2 rings (SSSR count). The molecule has 2 aromatic rings. The average Bonchev–Trinajstić information content (AvgIpc) is 2.53. The summed E-state index contributed by atoms with van der Waals surface area (Å²) in [5.74, 6) is 0. The molecule has 0 saturated carbocycles. The third-order valence-corrected chi connectivity index (χ3v) is 5.00. The molecule has 0 amide bonds. The number of benzene rings is 2. The van der Waals surface area contributed by atoms with Crippen LogP contribution in [0, 0.1) is 0 Å². The van der Waals surface area contributed by atoms with Crippen molar-refractivity contribution in [2.45, 2.75) is 24.2 Å². The number of methoxy groups -OCH3 is 1. The van der Waals surface area contributed by atoms with Gasteiger partial charge in [-0.15, -0.1) is 0 Å². The highest BCUT2D eigenvalue weighted by atomic mass is 35.5. The van der Waals surface area contributed by atoms with Crippen molar-refractivity contribution >= 4 is 21.6 Å². The van der Waals surface area contributed by atoms with Crippen molar-refractivity contribution in [2.24, 2.45) is 0 Å². The van der Waals surface area contributed by atoms with Gasteiger partial charge in [0.15, 0.2) is 0 Å². The molecule has 0 aromatic heterocycles. The van der Waals surface area contributed by atoms with E-state index in [4.69, 9.17) is 16.3 Å². The molecule has 0 spiro atoms. The van der Waals surface area contributed by atoms with Gasteiger partial charge in [0.1, 0.15) is 0 Å². The number of ether oxygens (including phenoxy) is 1. The van der Waals surface area contributed by atoms with Crippen LogP contribution in [0.1, 0.15) is 16.7 Å². The number of halogens is 4. The summed E-state index contributed by atoms with van der Waals surface area (Å²) in [6.45, 7) is 0.190. The molecule has 0 atom stereocenters. The van der Waals surface area contributed by atoms with E-state index < -0.39 is 26.7 Å². The molecule has 2 aromatic carbocycles. The fraction of sp³-hybridized carbons (Fsp3) is 0.250. The first-order chi connectivity index (χ1) is 11.6. The van der Waals surface area contributed by atoms with E-state index in [9.17, 15) is 21.6 Å². The zero-order chi connectivity index (χ0) is 18.7. The summed E-state index contributed by atoms with van der Waals surface area (Å²) >= 11 is 5.57. The van der Waals surface area contributed by atoms with Gasteiger partial charge >= 0.3 is 6.18 Å². The van der Waals surface area contributed by atoms with E-state index in [1.165, 1.54) is 7.11 Å². The summed E-state index contributed by atoms with van der Waals surface area (Å²) < 4.78 is 71.1. The van der Waals surface area contributed by atoms with Crippen LogP contribution in [0.3, 0.4) is 0 Å². The van der Waals surface area contributed by atoms with Gasteiger partial charge in [0, 0.05) is 18.7 Å². The summed E-state index contributed by atoms with van der Waals surface area (Å²) in [6.07, 6.45) is -4.84. The van der Waals surface area contributed by atoms with E-state index >= 15 is 0 Å². The third kappa shape index (κ3) is 5.18. The van der Waals surface area contributed by atoms with Gasteiger partial charge in [0.25, 0.3) is 0 Å². The second kappa shape index (κ2) is 7.74. The smallest absolute Gasteiger partial charge is 0.380 e. The van der Waals surface area contributed by atoms with Crippen LogP contribution < -0.4 is 4.72 Å². The molecule has 0 radical (unpaired) electrons. The van der Waals surface area contributed by atoms with Crippen molar-refractivity contribution in [3.63, 3.8) is 0 Å². The van der Waals surface area contributed by atoms with Crippen LogP contribution in [-0.2, 0) is 34.1 Å². The van der Waals surface area contributed by atoms with E-state index in [0.717, 1.165) is 17.7 Å². The quantitative estimate of drug-likeness (QED) is 0.807. The van der Waals surface area contributed by atoms with Crippen LogP contribution in [0.25, 0.3) is 0 Å². The average molecular weight is 394 g/mol. The van der Waals surface area contributed by atoms with Crippen LogP contribution in [-0.4, -0.2) is 15.5 Å². The summed E-state index contributed by atoms with van der Waals surface area (Å²) in [5.41, 5.74) is 0.114. The van der Waals surface area contributed by atoms with Crippen LogP contribution in [0.5, 0.6) is 0 Å². The van der Waals surface area contributed by atoms with Crippen molar-refractivity contribution in [3.05, 3.63) is 64.2 Å². The number of alkyl halides is 3. The van der Waals surface area contributed by atoms with E-state index in [-0.39, 0.29) is 11.6 Å². The van der Waals surface area contributed by atoms with Gasteiger partial charge in [-0.3, -0.25) is 0 Å². The number of hydrogen-bond donors (Lipinski definition) is 1.